The van der Waals surface area contributed by atoms with E-state index in [0.717, 1.165) is 0 Å². The van der Waals surface area contributed by atoms with Crippen molar-refractivity contribution >= 4 is 17.5 Å². The first-order valence-electron chi connectivity index (χ1n) is 12.1. The van der Waals surface area contributed by atoms with E-state index in [9.17, 15) is 14.4 Å². The number of nitrogens with zero attached hydrogens (tertiary/aromatic N) is 5. The molecule has 0 fully saturated rings. The predicted molar refractivity (Wildman–Crippen MR) is 140 cm³/mol. The van der Waals surface area contributed by atoms with Crippen molar-refractivity contribution in [2.75, 3.05) is 5.73 Å². The molecular weight excluding hydrogens is 486 g/mol. The van der Waals surface area contributed by atoms with Crippen LogP contribution in [-0.2, 0) is 16.8 Å². The molecule has 0 aliphatic rings. The quantitative estimate of drug-likeness (QED) is 0.319. The fourth-order valence-corrected chi connectivity index (χ4v) is 3.95. The van der Waals surface area contributed by atoms with Gasteiger partial charge in [0.1, 0.15) is 6.54 Å². The maximum atomic E-state index is 13.3. The van der Waals surface area contributed by atoms with E-state index in [1.807, 2.05) is 44.2 Å². The van der Waals surface area contributed by atoms with E-state index in [4.69, 9.17) is 10.2 Å². The van der Waals surface area contributed by atoms with Gasteiger partial charge in [0.2, 0.25) is 17.6 Å². The van der Waals surface area contributed by atoms with Gasteiger partial charge in [0.15, 0.2) is 5.82 Å². The molecule has 4 rings (SSSR count). The molecule has 0 saturated carbocycles. The van der Waals surface area contributed by atoms with Crippen LogP contribution in [0.4, 0.5) is 5.82 Å². The van der Waals surface area contributed by atoms with Gasteiger partial charge in [0.25, 0.3) is 11.4 Å². The first-order chi connectivity index (χ1) is 18.1. The van der Waals surface area contributed by atoms with Gasteiger partial charge < -0.3 is 15.5 Å². The highest BCUT2D eigenvalue weighted by atomic mass is 16.4. The van der Waals surface area contributed by atoms with E-state index in [1.165, 1.54) is 10.8 Å². The molecule has 196 valence electrons. The molecule has 1 aromatic carbocycles. The van der Waals surface area contributed by atoms with E-state index in [0.29, 0.717) is 17.0 Å². The average Bonchev–Trinajstić information content (AvgIpc) is 3.42. The summed E-state index contributed by atoms with van der Waals surface area (Å²) in [6, 6.07) is 13.6. The molecule has 38 heavy (non-hydrogen) atoms. The second kappa shape index (κ2) is 10.8. The molecule has 0 aliphatic heterocycles. The smallest absolute Gasteiger partial charge is 0.294 e. The van der Waals surface area contributed by atoms with E-state index >= 15 is 0 Å². The first kappa shape index (κ1) is 26.4. The Hall–Kier alpha value is -4.67. The number of nitrogen functional groups attached to an aromatic ring is 1. The van der Waals surface area contributed by atoms with Crippen molar-refractivity contribution in [3.8, 4) is 11.3 Å². The molecule has 0 saturated heterocycles. The number of benzene rings is 1. The molecule has 3 aromatic heterocycles. The third-order valence-electron chi connectivity index (χ3n) is 6.19. The summed E-state index contributed by atoms with van der Waals surface area (Å²) in [7, 11) is 0. The molecule has 11 heteroatoms. The number of amides is 1. The number of Topliss-reactive ketones (excluding diaryl/α,β-unsaturated/α-hetero) is 1. The summed E-state index contributed by atoms with van der Waals surface area (Å²) < 4.78 is 7.00. The molecule has 1 amide bonds. The minimum Gasteiger partial charge on any atom is -0.417 e. The molecule has 4 aromatic rings. The molecular formula is C27H29N7O4. The zero-order valence-corrected chi connectivity index (χ0v) is 21.6. The van der Waals surface area contributed by atoms with Crippen molar-refractivity contribution < 1.29 is 14.0 Å². The van der Waals surface area contributed by atoms with Gasteiger partial charge in [0.05, 0.1) is 29.0 Å². The zero-order valence-electron chi connectivity index (χ0n) is 21.6. The highest BCUT2D eigenvalue weighted by Crippen LogP contribution is 2.29. The third kappa shape index (κ3) is 5.36. The number of ketones is 1. The standard InChI is InChI=1S/C27H29N7O4/c1-16(2)21(22(36)24-32-33-26(38-24)27(3,4)19-12-8-9-13-29-19)31-20(35)15-34-18(14-30-23(28)25(34)37)17-10-6-5-7-11-17/h5-14,16,21H,15H2,1-4H3,(H2,28,30)(H,31,35). The van der Waals surface area contributed by atoms with Gasteiger partial charge in [-0.25, -0.2) is 4.98 Å². The maximum absolute atomic E-state index is 13.3. The van der Waals surface area contributed by atoms with Crippen molar-refractivity contribution in [2.45, 2.75) is 45.7 Å². The fourth-order valence-electron chi connectivity index (χ4n) is 3.95. The summed E-state index contributed by atoms with van der Waals surface area (Å²) in [6.07, 6.45) is 3.10. The Balaban J connectivity index is 1.56. The van der Waals surface area contributed by atoms with Crippen LogP contribution in [-0.4, -0.2) is 42.5 Å². The number of hydrogen-bond acceptors (Lipinski definition) is 9. The number of hydrogen-bond donors (Lipinski definition) is 2. The number of carbonyl (C=O) groups excluding carboxylic acids is 2. The maximum Gasteiger partial charge on any atom is 0.294 e. The molecule has 0 bridgehead atoms. The minimum absolute atomic E-state index is 0.222. The van der Waals surface area contributed by atoms with E-state index in [2.05, 4.69) is 25.5 Å². The van der Waals surface area contributed by atoms with Crippen LogP contribution in [0.25, 0.3) is 11.3 Å². The summed E-state index contributed by atoms with van der Waals surface area (Å²) in [6.45, 7) is 6.92. The minimum atomic E-state index is -0.969. The molecule has 1 atom stereocenters. The van der Waals surface area contributed by atoms with Gasteiger partial charge in [-0.3, -0.25) is 23.9 Å². The van der Waals surface area contributed by atoms with Crippen molar-refractivity contribution in [1.29, 1.82) is 0 Å². The molecule has 3 N–H and O–H groups in total. The number of carbonyl (C=O) groups is 2. The van der Waals surface area contributed by atoms with Crippen molar-refractivity contribution in [2.24, 2.45) is 5.92 Å². The number of rotatable bonds is 9. The van der Waals surface area contributed by atoms with Crippen molar-refractivity contribution in [1.82, 2.24) is 30.0 Å². The summed E-state index contributed by atoms with van der Waals surface area (Å²) in [5, 5.41) is 10.8. The Morgan fingerprint density at radius 3 is 2.42 bits per heavy atom. The summed E-state index contributed by atoms with van der Waals surface area (Å²) in [5.74, 6) is -1.64. The van der Waals surface area contributed by atoms with E-state index in [1.54, 1.807) is 38.2 Å². The highest BCUT2D eigenvalue weighted by molar-refractivity contribution is 5.98. The van der Waals surface area contributed by atoms with Crippen LogP contribution in [0.2, 0.25) is 0 Å². The Labute approximate surface area is 219 Å². The summed E-state index contributed by atoms with van der Waals surface area (Å²) in [5.41, 5.74) is 6.21. The number of anilines is 1. The lowest BCUT2D eigenvalue weighted by atomic mass is 9.89. The Kier molecular flexibility index (Phi) is 7.47. The van der Waals surface area contributed by atoms with Gasteiger partial charge in [-0.05, 0) is 37.5 Å². The van der Waals surface area contributed by atoms with Crippen molar-refractivity contribution in [3.05, 3.63) is 88.8 Å². The predicted octanol–water partition coefficient (Wildman–Crippen LogP) is 2.62. The third-order valence-corrected chi connectivity index (χ3v) is 6.19. The molecule has 0 radical (unpaired) electrons. The largest absolute Gasteiger partial charge is 0.417 e. The van der Waals surface area contributed by atoms with Crippen LogP contribution in [0.15, 0.2) is 70.1 Å². The lowest BCUT2D eigenvalue weighted by Crippen LogP contribution is -2.46. The topological polar surface area (TPSA) is 159 Å². The van der Waals surface area contributed by atoms with Gasteiger partial charge >= 0.3 is 0 Å². The van der Waals surface area contributed by atoms with Crippen LogP contribution >= 0.6 is 0 Å². The van der Waals surface area contributed by atoms with Crippen LogP contribution in [0, 0.1) is 5.92 Å². The lowest BCUT2D eigenvalue weighted by molar-refractivity contribution is -0.122. The molecule has 0 spiro atoms. The first-order valence-corrected chi connectivity index (χ1v) is 12.1. The van der Waals surface area contributed by atoms with Gasteiger partial charge in [-0.15, -0.1) is 10.2 Å². The van der Waals surface area contributed by atoms with Crippen LogP contribution in [0.3, 0.4) is 0 Å². The Morgan fingerprint density at radius 2 is 1.76 bits per heavy atom. The van der Waals surface area contributed by atoms with Gasteiger partial charge in [-0.2, -0.15) is 0 Å². The summed E-state index contributed by atoms with van der Waals surface area (Å²) >= 11 is 0. The number of pyridine rings is 1. The van der Waals surface area contributed by atoms with Crippen LogP contribution < -0.4 is 16.6 Å². The Bertz CT molecular complexity index is 1490. The zero-order chi connectivity index (χ0) is 27.4. The second-order valence-electron chi connectivity index (χ2n) is 9.69. The summed E-state index contributed by atoms with van der Waals surface area (Å²) in [4.78, 5) is 47.5. The van der Waals surface area contributed by atoms with Gasteiger partial charge in [-0.1, -0.05) is 50.2 Å². The number of aromatic nitrogens is 5. The van der Waals surface area contributed by atoms with E-state index in [-0.39, 0.29) is 30.1 Å². The SMILES string of the molecule is CC(C)C(NC(=O)Cn1c(-c2ccccc2)cnc(N)c1=O)C(=O)c1nnc(C(C)(C)c2ccccn2)o1. The molecule has 11 nitrogen and oxygen atoms in total. The van der Waals surface area contributed by atoms with Crippen LogP contribution in [0.1, 0.15) is 50.0 Å². The number of nitrogens with one attached hydrogen (secondary N) is 1. The molecule has 3 heterocycles. The van der Waals surface area contributed by atoms with Crippen LogP contribution in [0.5, 0.6) is 0 Å². The molecule has 1 unspecified atom stereocenters. The van der Waals surface area contributed by atoms with Gasteiger partial charge in [0, 0.05) is 6.20 Å². The average molecular weight is 516 g/mol. The van der Waals surface area contributed by atoms with E-state index < -0.39 is 28.7 Å². The highest BCUT2D eigenvalue weighted by Gasteiger charge is 2.35. The normalized spacial score (nSPS) is 12.3. The fraction of sp³-hybridized carbons (Fsp3) is 0.296. The monoisotopic (exact) mass is 515 g/mol. The number of nitrogens with two attached hydrogens (primary N) is 1. The second-order valence-corrected chi connectivity index (χ2v) is 9.69. The Morgan fingerprint density at radius 1 is 1.05 bits per heavy atom. The lowest BCUT2D eigenvalue weighted by Gasteiger charge is -2.21. The molecule has 0 aliphatic carbocycles. The van der Waals surface area contributed by atoms with Crippen molar-refractivity contribution in [3.63, 3.8) is 0 Å².